The Bertz CT molecular complexity index is 458. The first-order valence-corrected chi connectivity index (χ1v) is 7.84. The maximum Gasteiger partial charge on any atom is 0.416 e. The van der Waals surface area contributed by atoms with Gasteiger partial charge >= 0.3 is 6.18 Å². The number of hydrogen-bond acceptors (Lipinski definition) is 2. The van der Waals surface area contributed by atoms with E-state index in [2.05, 4.69) is 10.3 Å². The van der Waals surface area contributed by atoms with Crippen molar-refractivity contribution in [3.05, 3.63) is 35.4 Å². The highest BCUT2D eigenvalue weighted by molar-refractivity contribution is 7.98. The van der Waals surface area contributed by atoms with Gasteiger partial charge in [-0.05, 0) is 24.0 Å². The Morgan fingerprint density at radius 1 is 1.29 bits per heavy atom. The van der Waals surface area contributed by atoms with Crippen LogP contribution in [0.1, 0.15) is 11.1 Å². The van der Waals surface area contributed by atoms with Gasteiger partial charge < -0.3 is 10.2 Å². The quantitative estimate of drug-likeness (QED) is 0.513. The summed E-state index contributed by atoms with van der Waals surface area (Å²) in [6.45, 7) is 1.29. The lowest BCUT2D eigenvalue weighted by Crippen LogP contribution is -2.39. The second-order valence-electron chi connectivity index (χ2n) is 4.52. The van der Waals surface area contributed by atoms with Crippen molar-refractivity contribution < 1.29 is 13.2 Å². The Morgan fingerprint density at radius 3 is 2.38 bits per heavy atom. The zero-order valence-corrected chi connectivity index (χ0v) is 13.2. The average molecular weight is 319 g/mol. The number of aliphatic imine (C=N–C) groups is 1. The molecule has 0 aliphatic rings. The third-order valence-corrected chi connectivity index (χ3v) is 3.48. The fourth-order valence-electron chi connectivity index (χ4n) is 1.80. The van der Waals surface area contributed by atoms with E-state index in [1.54, 1.807) is 18.8 Å². The highest BCUT2D eigenvalue weighted by Gasteiger charge is 2.29. The molecular formula is C14H20F3N3S. The van der Waals surface area contributed by atoms with Crippen molar-refractivity contribution in [3.63, 3.8) is 0 Å². The summed E-state index contributed by atoms with van der Waals surface area (Å²) in [6.07, 6.45) is -2.27. The Kier molecular flexibility index (Phi) is 6.87. The summed E-state index contributed by atoms with van der Waals surface area (Å²) in [5, 5.41) is 3.20. The van der Waals surface area contributed by atoms with Gasteiger partial charge in [-0.15, -0.1) is 0 Å². The summed E-state index contributed by atoms with van der Waals surface area (Å²) >= 11 is 1.73. The lowest BCUT2D eigenvalue weighted by Gasteiger charge is -2.22. The van der Waals surface area contributed by atoms with Crippen LogP contribution in [-0.2, 0) is 12.7 Å². The lowest BCUT2D eigenvalue weighted by atomic mass is 10.1. The predicted molar refractivity (Wildman–Crippen MR) is 82.7 cm³/mol. The van der Waals surface area contributed by atoms with Crippen LogP contribution in [0, 0.1) is 0 Å². The van der Waals surface area contributed by atoms with Crippen LogP contribution in [0.2, 0.25) is 0 Å². The fraction of sp³-hybridized carbons (Fsp3) is 0.500. The average Bonchev–Trinajstić information content (AvgIpc) is 2.43. The van der Waals surface area contributed by atoms with Gasteiger partial charge in [0.2, 0.25) is 0 Å². The van der Waals surface area contributed by atoms with Gasteiger partial charge in [0.05, 0.1) is 5.56 Å². The Balaban J connectivity index is 2.63. The maximum atomic E-state index is 12.5. The van der Waals surface area contributed by atoms with Crippen molar-refractivity contribution in [3.8, 4) is 0 Å². The summed E-state index contributed by atoms with van der Waals surface area (Å²) in [4.78, 5) is 6.03. The van der Waals surface area contributed by atoms with Gasteiger partial charge in [0.1, 0.15) is 0 Å². The van der Waals surface area contributed by atoms with E-state index in [0.29, 0.717) is 6.54 Å². The largest absolute Gasteiger partial charge is 0.416 e. The molecule has 1 N–H and O–H groups in total. The van der Waals surface area contributed by atoms with E-state index < -0.39 is 11.7 Å². The molecule has 3 nitrogen and oxygen atoms in total. The van der Waals surface area contributed by atoms with E-state index >= 15 is 0 Å². The third-order valence-electron chi connectivity index (χ3n) is 2.86. The summed E-state index contributed by atoms with van der Waals surface area (Å²) in [5.74, 6) is 1.69. The summed E-state index contributed by atoms with van der Waals surface area (Å²) in [5.41, 5.74) is 0.176. The van der Waals surface area contributed by atoms with E-state index in [0.717, 1.165) is 36.0 Å². The molecule has 0 fully saturated rings. The zero-order valence-electron chi connectivity index (χ0n) is 12.4. The Labute approximate surface area is 127 Å². The van der Waals surface area contributed by atoms with Gasteiger partial charge in [-0.2, -0.15) is 24.9 Å². The van der Waals surface area contributed by atoms with E-state index in [-0.39, 0.29) is 0 Å². The van der Waals surface area contributed by atoms with Gasteiger partial charge in [0.25, 0.3) is 0 Å². The van der Waals surface area contributed by atoms with Crippen LogP contribution in [0.15, 0.2) is 29.3 Å². The van der Waals surface area contributed by atoms with Crippen LogP contribution >= 0.6 is 11.8 Å². The second-order valence-corrected chi connectivity index (χ2v) is 5.50. The van der Waals surface area contributed by atoms with Crippen LogP contribution in [0.5, 0.6) is 0 Å². The predicted octanol–water partition coefficient (Wildman–Crippen LogP) is 3.08. The molecule has 0 aliphatic heterocycles. The minimum absolute atomic E-state index is 0.497. The smallest absolute Gasteiger partial charge is 0.355 e. The number of benzene rings is 1. The maximum absolute atomic E-state index is 12.5. The number of nitrogens with zero attached hydrogens (tertiary/aromatic N) is 2. The molecule has 0 aromatic heterocycles. The minimum atomic E-state index is -4.29. The highest BCUT2D eigenvalue weighted by Crippen LogP contribution is 2.29. The van der Waals surface area contributed by atoms with Crippen molar-refractivity contribution in [2.24, 2.45) is 4.99 Å². The number of halogens is 3. The van der Waals surface area contributed by atoms with Gasteiger partial charge in [0, 0.05) is 32.9 Å². The molecule has 1 aromatic carbocycles. The van der Waals surface area contributed by atoms with Crippen molar-refractivity contribution in [1.82, 2.24) is 10.2 Å². The normalized spacial score (nSPS) is 12.4. The molecule has 1 rings (SSSR count). The van der Waals surface area contributed by atoms with Crippen LogP contribution in [0.3, 0.4) is 0 Å². The molecule has 0 saturated heterocycles. The molecule has 0 amide bonds. The number of rotatable bonds is 5. The highest BCUT2D eigenvalue weighted by atomic mass is 32.2. The monoisotopic (exact) mass is 319 g/mol. The molecule has 1 aromatic rings. The summed E-state index contributed by atoms with van der Waals surface area (Å²) < 4.78 is 37.5. The first kappa shape index (κ1) is 17.7. The fourth-order valence-corrected chi connectivity index (χ4v) is 2.10. The number of guanidine groups is 1. The molecule has 0 heterocycles. The van der Waals surface area contributed by atoms with Crippen LogP contribution in [-0.4, -0.2) is 43.5 Å². The Hall–Kier alpha value is -1.37. The van der Waals surface area contributed by atoms with Crippen molar-refractivity contribution in [1.29, 1.82) is 0 Å². The number of hydrogen-bond donors (Lipinski definition) is 1. The molecule has 0 unspecified atom stereocenters. The topological polar surface area (TPSA) is 27.6 Å². The van der Waals surface area contributed by atoms with Gasteiger partial charge in [-0.25, -0.2) is 0 Å². The lowest BCUT2D eigenvalue weighted by molar-refractivity contribution is -0.137. The first-order valence-electron chi connectivity index (χ1n) is 6.45. The van der Waals surface area contributed by atoms with Crippen LogP contribution in [0.4, 0.5) is 13.2 Å². The van der Waals surface area contributed by atoms with Gasteiger partial charge in [-0.1, -0.05) is 12.1 Å². The molecule has 7 heteroatoms. The first-order chi connectivity index (χ1) is 9.88. The van der Waals surface area contributed by atoms with Crippen molar-refractivity contribution in [2.45, 2.75) is 12.7 Å². The zero-order chi connectivity index (χ0) is 15.9. The number of nitrogens with one attached hydrogen (secondary N) is 1. The van der Waals surface area contributed by atoms with Crippen LogP contribution < -0.4 is 5.32 Å². The molecular weight excluding hydrogens is 299 g/mol. The van der Waals surface area contributed by atoms with E-state index in [1.165, 1.54) is 12.1 Å². The molecule has 0 aliphatic carbocycles. The standard InChI is InChI=1S/C14H20F3N3S/c1-18-13(19-8-9-21-3)20(2)10-11-4-6-12(7-5-11)14(15,16)17/h4-7H,8-10H2,1-3H3,(H,18,19). The molecule has 0 radical (unpaired) electrons. The van der Waals surface area contributed by atoms with E-state index in [1.807, 2.05) is 18.2 Å². The minimum Gasteiger partial charge on any atom is -0.355 e. The summed E-state index contributed by atoms with van der Waals surface area (Å²) in [6, 6.07) is 5.20. The van der Waals surface area contributed by atoms with E-state index in [9.17, 15) is 13.2 Å². The van der Waals surface area contributed by atoms with Crippen molar-refractivity contribution in [2.75, 3.05) is 32.6 Å². The second kappa shape index (κ2) is 8.17. The molecule has 21 heavy (non-hydrogen) atoms. The van der Waals surface area contributed by atoms with Gasteiger partial charge in [-0.3, -0.25) is 4.99 Å². The molecule has 0 bridgehead atoms. The van der Waals surface area contributed by atoms with Crippen molar-refractivity contribution >= 4 is 17.7 Å². The van der Waals surface area contributed by atoms with E-state index in [4.69, 9.17) is 0 Å². The van der Waals surface area contributed by atoms with Crippen LogP contribution in [0.25, 0.3) is 0 Å². The Morgan fingerprint density at radius 2 is 1.90 bits per heavy atom. The molecule has 118 valence electrons. The molecule has 0 spiro atoms. The SMILES string of the molecule is CN=C(NCCSC)N(C)Cc1ccc(C(F)(F)F)cc1. The summed E-state index contributed by atoms with van der Waals surface area (Å²) in [7, 11) is 3.54. The molecule has 0 atom stereocenters. The molecule has 0 saturated carbocycles. The number of thioether (sulfide) groups is 1. The van der Waals surface area contributed by atoms with Gasteiger partial charge in [0.15, 0.2) is 5.96 Å². The number of alkyl halides is 3. The third kappa shape index (κ3) is 5.87.